The standard InChI is InChI=1S/C14H25N3O3S/c1-11-16-12(9-17(11)4)21(19,20)15-10-14(18)7-5-13(2,3)6-8-14/h9,15,18H,5-8,10H2,1-4H3. The van der Waals surface area contributed by atoms with Crippen LogP contribution in [0.2, 0.25) is 0 Å². The second kappa shape index (κ2) is 5.37. The molecule has 0 bridgehead atoms. The van der Waals surface area contributed by atoms with Crippen LogP contribution in [-0.4, -0.2) is 35.2 Å². The summed E-state index contributed by atoms with van der Waals surface area (Å²) in [5.74, 6) is 0.633. The smallest absolute Gasteiger partial charge is 0.259 e. The van der Waals surface area contributed by atoms with E-state index in [1.807, 2.05) is 0 Å². The van der Waals surface area contributed by atoms with Crippen molar-refractivity contribution in [1.29, 1.82) is 0 Å². The second-order valence-corrected chi connectivity index (χ2v) is 8.66. The van der Waals surface area contributed by atoms with E-state index in [2.05, 4.69) is 23.6 Å². The molecule has 1 aliphatic rings. The summed E-state index contributed by atoms with van der Waals surface area (Å²) in [7, 11) is -1.92. The van der Waals surface area contributed by atoms with Crippen molar-refractivity contribution in [1.82, 2.24) is 14.3 Å². The number of aliphatic hydroxyl groups is 1. The summed E-state index contributed by atoms with van der Waals surface area (Å²) >= 11 is 0. The molecule has 0 aliphatic heterocycles. The number of nitrogens with one attached hydrogen (secondary N) is 1. The van der Waals surface area contributed by atoms with Crippen molar-refractivity contribution in [3.8, 4) is 0 Å². The molecule has 1 aromatic heterocycles. The molecule has 0 atom stereocenters. The predicted molar refractivity (Wildman–Crippen MR) is 80.3 cm³/mol. The molecule has 1 heterocycles. The molecule has 7 heteroatoms. The maximum absolute atomic E-state index is 12.2. The van der Waals surface area contributed by atoms with Crippen LogP contribution in [0.4, 0.5) is 0 Å². The maximum atomic E-state index is 12.2. The molecule has 6 nitrogen and oxygen atoms in total. The van der Waals surface area contributed by atoms with Gasteiger partial charge in [0.25, 0.3) is 10.0 Å². The lowest BCUT2D eigenvalue weighted by Crippen LogP contribution is -2.46. The Kier molecular flexibility index (Phi) is 4.21. The molecule has 1 aromatic rings. The van der Waals surface area contributed by atoms with Gasteiger partial charge in [0.15, 0.2) is 5.03 Å². The molecule has 0 spiro atoms. The van der Waals surface area contributed by atoms with Gasteiger partial charge in [-0.05, 0) is 38.0 Å². The van der Waals surface area contributed by atoms with E-state index in [1.165, 1.54) is 6.20 Å². The molecule has 120 valence electrons. The Morgan fingerprint density at radius 2 is 1.90 bits per heavy atom. The Labute approximate surface area is 126 Å². The number of aromatic nitrogens is 2. The second-order valence-electron chi connectivity index (χ2n) is 6.95. The van der Waals surface area contributed by atoms with E-state index in [9.17, 15) is 13.5 Å². The van der Waals surface area contributed by atoms with Gasteiger partial charge in [0.1, 0.15) is 5.82 Å². The minimum absolute atomic E-state index is 0.00207. The van der Waals surface area contributed by atoms with Crippen molar-refractivity contribution >= 4 is 10.0 Å². The van der Waals surface area contributed by atoms with E-state index in [1.54, 1.807) is 18.5 Å². The van der Waals surface area contributed by atoms with E-state index >= 15 is 0 Å². The summed E-state index contributed by atoms with van der Waals surface area (Å²) < 4.78 is 28.6. The number of hydrogen-bond donors (Lipinski definition) is 2. The number of nitrogens with zero attached hydrogens (tertiary/aromatic N) is 2. The first-order chi connectivity index (χ1) is 9.53. The summed E-state index contributed by atoms with van der Waals surface area (Å²) in [6, 6.07) is 0. The van der Waals surface area contributed by atoms with Crippen LogP contribution in [0.5, 0.6) is 0 Å². The Bertz CT molecular complexity index is 590. The Morgan fingerprint density at radius 3 is 2.38 bits per heavy atom. The van der Waals surface area contributed by atoms with Crippen LogP contribution in [0.25, 0.3) is 0 Å². The lowest BCUT2D eigenvalue weighted by atomic mass is 9.71. The van der Waals surface area contributed by atoms with Gasteiger partial charge in [-0.15, -0.1) is 0 Å². The molecule has 0 unspecified atom stereocenters. The largest absolute Gasteiger partial charge is 0.389 e. The van der Waals surface area contributed by atoms with Crippen LogP contribution in [0.1, 0.15) is 45.4 Å². The zero-order valence-corrected chi connectivity index (χ0v) is 14.0. The van der Waals surface area contributed by atoms with Crippen molar-refractivity contribution in [3.63, 3.8) is 0 Å². The Balaban J connectivity index is 2.02. The summed E-state index contributed by atoms with van der Waals surface area (Å²) in [6.45, 7) is 6.14. The molecule has 0 saturated heterocycles. The first-order valence-corrected chi connectivity index (χ1v) is 8.73. The zero-order valence-electron chi connectivity index (χ0n) is 13.2. The maximum Gasteiger partial charge on any atom is 0.259 e. The average molecular weight is 315 g/mol. The minimum Gasteiger partial charge on any atom is -0.389 e. The van der Waals surface area contributed by atoms with Gasteiger partial charge in [-0.2, -0.15) is 0 Å². The van der Waals surface area contributed by atoms with E-state index in [0.29, 0.717) is 18.7 Å². The van der Waals surface area contributed by atoms with E-state index in [4.69, 9.17) is 0 Å². The van der Waals surface area contributed by atoms with E-state index in [-0.39, 0.29) is 17.0 Å². The normalized spacial score (nSPS) is 21.4. The van der Waals surface area contributed by atoms with Crippen molar-refractivity contribution < 1.29 is 13.5 Å². The fourth-order valence-corrected chi connectivity index (χ4v) is 3.68. The van der Waals surface area contributed by atoms with Gasteiger partial charge in [-0.25, -0.2) is 18.1 Å². The van der Waals surface area contributed by atoms with Gasteiger partial charge in [0, 0.05) is 19.8 Å². The van der Waals surface area contributed by atoms with Gasteiger partial charge in [-0.1, -0.05) is 13.8 Å². The molecule has 0 amide bonds. The van der Waals surface area contributed by atoms with Crippen LogP contribution in [0, 0.1) is 12.3 Å². The van der Waals surface area contributed by atoms with Crippen LogP contribution >= 0.6 is 0 Å². The van der Waals surface area contributed by atoms with Crippen LogP contribution in [0.3, 0.4) is 0 Å². The Hall–Kier alpha value is -0.920. The third-order valence-electron chi connectivity index (χ3n) is 4.49. The molecule has 1 aliphatic carbocycles. The Morgan fingerprint density at radius 1 is 1.33 bits per heavy atom. The highest BCUT2D eigenvalue weighted by Gasteiger charge is 2.37. The highest BCUT2D eigenvalue weighted by molar-refractivity contribution is 7.89. The third kappa shape index (κ3) is 3.84. The molecule has 0 aromatic carbocycles. The fraction of sp³-hybridized carbons (Fsp3) is 0.786. The van der Waals surface area contributed by atoms with Crippen LogP contribution in [-0.2, 0) is 17.1 Å². The molecule has 2 rings (SSSR count). The fourth-order valence-electron chi connectivity index (χ4n) is 2.53. The molecule has 2 N–H and O–H groups in total. The minimum atomic E-state index is -3.67. The van der Waals surface area contributed by atoms with Gasteiger partial charge in [0.2, 0.25) is 0 Å². The zero-order chi connectivity index (χ0) is 15.9. The number of sulfonamides is 1. The summed E-state index contributed by atoms with van der Waals surface area (Å²) in [5, 5.41) is 10.5. The van der Waals surface area contributed by atoms with Crippen molar-refractivity contribution in [2.45, 2.75) is 57.1 Å². The molecule has 0 radical (unpaired) electrons. The average Bonchev–Trinajstić information content (AvgIpc) is 2.73. The van der Waals surface area contributed by atoms with E-state index < -0.39 is 15.6 Å². The first kappa shape index (κ1) is 16.5. The van der Waals surface area contributed by atoms with Gasteiger partial charge in [-0.3, -0.25) is 0 Å². The SMILES string of the molecule is Cc1nc(S(=O)(=O)NCC2(O)CCC(C)(C)CC2)cn1C. The van der Waals surface area contributed by atoms with Crippen molar-refractivity contribution in [2.75, 3.05) is 6.54 Å². The van der Waals surface area contributed by atoms with Gasteiger partial charge < -0.3 is 9.67 Å². The topological polar surface area (TPSA) is 84.2 Å². The number of rotatable bonds is 4. The lowest BCUT2D eigenvalue weighted by Gasteiger charge is -2.40. The molecular formula is C14H25N3O3S. The quantitative estimate of drug-likeness (QED) is 0.878. The lowest BCUT2D eigenvalue weighted by molar-refractivity contribution is -0.0205. The van der Waals surface area contributed by atoms with Crippen molar-refractivity contribution in [3.05, 3.63) is 12.0 Å². The molecular weight excluding hydrogens is 290 g/mol. The summed E-state index contributed by atoms with van der Waals surface area (Å²) in [6.07, 6.45) is 4.50. The van der Waals surface area contributed by atoms with Crippen molar-refractivity contribution in [2.24, 2.45) is 12.5 Å². The highest BCUT2D eigenvalue weighted by Crippen LogP contribution is 2.39. The van der Waals surface area contributed by atoms with Gasteiger partial charge in [0.05, 0.1) is 5.60 Å². The number of aryl methyl sites for hydroxylation is 2. The van der Waals surface area contributed by atoms with Crippen LogP contribution in [0.15, 0.2) is 11.2 Å². The molecule has 21 heavy (non-hydrogen) atoms. The first-order valence-electron chi connectivity index (χ1n) is 7.25. The highest BCUT2D eigenvalue weighted by atomic mass is 32.2. The van der Waals surface area contributed by atoms with E-state index in [0.717, 1.165) is 12.8 Å². The predicted octanol–water partition coefficient (Wildman–Crippen LogP) is 1.34. The molecule has 1 fully saturated rings. The molecule has 1 saturated carbocycles. The monoisotopic (exact) mass is 315 g/mol. The third-order valence-corrected chi connectivity index (χ3v) is 5.76. The van der Waals surface area contributed by atoms with Crippen LogP contribution < -0.4 is 4.72 Å². The number of imidazole rings is 1. The van der Waals surface area contributed by atoms with Gasteiger partial charge >= 0.3 is 0 Å². The number of hydrogen-bond acceptors (Lipinski definition) is 4. The summed E-state index contributed by atoms with van der Waals surface area (Å²) in [4.78, 5) is 4.02. The summed E-state index contributed by atoms with van der Waals surface area (Å²) in [5.41, 5.74) is -0.727.